The summed E-state index contributed by atoms with van der Waals surface area (Å²) >= 11 is 0. The SMILES string of the molecule is CCCCCCCCCCC(CCCCCCCC)C(=O)O.CCCCCCCCCCCCCCCCCCOC(=O)C(C)(C)C(=O)O.CCCCCCCCCCCCCCCCOC(=O)C1C2C=CC(C2)C1C(=O)O. The van der Waals surface area contributed by atoms with Crippen molar-refractivity contribution in [2.75, 3.05) is 13.2 Å². The molecule has 0 aromatic rings. The van der Waals surface area contributed by atoms with Gasteiger partial charge >= 0.3 is 29.8 Å². The van der Waals surface area contributed by atoms with Gasteiger partial charge in [-0.15, -0.1) is 0 Å². The minimum absolute atomic E-state index is 0.0103. The van der Waals surface area contributed by atoms with Crippen LogP contribution >= 0.6 is 0 Å². The first-order valence-electron chi connectivity index (χ1n) is 33.5. The van der Waals surface area contributed by atoms with Gasteiger partial charge in [0.05, 0.1) is 31.0 Å². The van der Waals surface area contributed by atoms with E-state index in [0.29, 0.717) is 13.2 Å². The van der Waals surface area contributed by atoms with E-state index in [2.05, 4.69) is 27.7 Å². The summed E-state index contributed by atoms with van der Waals surface area (Å²) in [6, 6.07) is 0. The lowest BCUT2D eigenvalue weighted by Gasteiger charge is -2.23. The fourth-order valence-corrected chi connectivity index (χ4v) is 11.2. The van der Waals surface area contributed by atoms with E-state index in [1.807, 2.05) is 12.2 Å². The number of fused-ring (bicyclic) bond motifs is 2. The Labute approximate surface area is 480 Å². The van der Waals surface area contributed by atoms with Crippen molar-refractivity contribution in [3.63, 3.8) is 0 Å². The van der Waals surface area contributed by atoms with Gasteiger partial charge in [-0.2, -0.15) is 0 Å². The molecule has 10 nitrogen and oxygen atoms in total. The molecule has 1 saturated carbocycles. The maximum Gasteiger partial charge on any atom is 0.322 e. The Balaban J connectivity index is 0.00000115. The summed E-state index contributed by atoms with van der Waals surface area (Å²) in [5, 5.41) is 27.7. The number of carbonyl (C=O) groups is 5. The minimum Gasteiger partial charge on any atom is -0.481 e. The summed E-state index contributed by atoms with van der Waals surface area (Å²) < 4.78 is 10.5. The molecule has 458 valence electrons. The van der Waals surface area contributed by atoms with E-state index in [1.165, 1.54) is 251 Å². The lowest BCUT2D eigenvalue weighted by molar-refractivity contribution is -0.166. The standard InChI is InChI=1S/C25H42O4.C23H44O4.C20H40O2/c1-2-3-4-5-6-7-8-9-10-11-12-13-14-15-18-29-25(28)23-21-17-16-20(19-21)22(23)24(26)27;1-4-5-6-7-8-9-10-11-12-13-14-15-16-17-18-19-20-27-22(26)23(2,3)21(24)25;1-3-5-7-9-11-12-14-16-18-19(20(21)22)17-15-13-10-8-6-4-2/h16-17,20-23H,2-15,18-19H2,1H3,(H,26,27);4-20H2,1-3H3,(H,24,25);19H,3-18H2,1-2H3,(H,21,22). The lowest BCUT2D eigenvalue weighted by atomic mass is 9.83. The monoisotopic (exact) mass is 1100 g/mol. The molecule has 10 heteroatoms. The summed E-state index contributed by atoms with van der Waals surface area (Å²) in [6.45, 7) is 12.5. The number of esters is 2. The molecule has 2 bridgehead atoms. The van der Waals surface area contributed by atoms with Crippen molar-refractivity contribution >= 4 is 29.8 Å². The van der Waals surface area contributed by atoms with Crippen molar-refractivity contribution in [3.8, 4) is 0 Å². The number of carbonyl (C=O) groups excluding carboxylic acids is 2. The second kappa shape index (κ2) is 53.4. The van der Waals surface area contributed by atoms with E-state index in [1.54, 1.807) is 0 Å². The molecule has 0 radical (unpaired) electrons. The van der Waals surface area contributed by atoms with Gasteiger partial charge < -0.3 is 24.8 Å². The maximum atomic E-state index is 12.4. The van der Waals surface area contributed by atoms with Gasteiger partial charge in [-0.1, -0.05) is 310 Å². The summed E-state index contributed by atoms with van der Waals surface area (Å²) in [6.07, 6.45) is 63.3. The van der Waals surface area contributed by atoms with Gasteiger partial charge in [0.25, 0.3) is 0 Å². The van der Waals surface area contributed by atoms with Crippen LogP contribution in [0.5, 0.6) is 0 Å². The number of allylic oxidation sites excluding steroid dienone is 2. The van der Waals surface area contributed by atoms with Gasteiger partial charge in [0.15, 0.2) is 5.41 Å². The van der Waals surface area contributed by atoms with Crippen LogP contribution in [0, 0.1) is 35.0 Å². The fraction of sp³-hybridized carbons (Fsp3) is 0.897. The van der Waals surface area contributed by atoms with Crippen LogP contribution in [0.4, 0.5) is 0 Å². The largest absolute Gasteiger partial charge is 0.481 e. The second-order valence-electron chi connectivity index (χ2n) is 24.3. The van der Waals surface area contributed by atoms with Gasteiger partial charge in [0.1, 0.15) is 0 Å². The lowest BCUT2D eigenvalue weighted by Crippen LogP contribution is -2.35. The molecule has 2 aliphatic rings. The number of ether oxygens (including phenoxy) is 2. The number of rotatable bonds is 53. The zero-order chi connectivity index (χ0) is 57.8. The topological polar surface area (TPSA) is 164 Å². The van der Waals surface area contributed by atoms with Crippen molar-refractivity contribution < 1.29 is 48.8 Å². The molecular formula is C68H126O10. The van der Waals surface area contributed by atoms with Crippen LogP contribution in [-0.4, -0.2) is 58.4 Å². The van der Waals surface area contributed by atoms with Crippen molar-refractivity contribution in [3.05, 3.63) is 12.2 Å². The molecule has 5 atom stereocenters. The smallest absolute Gasteiger partial charge is 0.322 e. The molecule has 0 heterocycles. The van der Waals surface area contributed by atoms with Crippen LogP contribution in [0.2, 0.25) is 0 Å². The third kappa shape index (κ3) is 41.1. The third-order valence-corrected chi connectivity index (χ3v) is 16.7. The molecule has 1 fully saturated rings. The molecule has 5 unspecified atom stereocenters. The zero-order valence-electron chi connectivity index (χ0n) is 51.9. The minimum atomic E-state index is -1.45. The van der Waals surface area contributed by atoms with Crippen LogP contribution in [-0.2, 0) is 33.4 Å². The first-order valence-corrected chi connectivity index (χ1v) is 33.5. The van der Waals surface area contributed by atoms with E-state index in [0.717, 1.165) is 64.2 Å². The normalized spacial score (nSPS) is 16.7. The average Bonchev–Trinajstić information content (AvgIpc) is 4.05. The van der Waals surface area contributed by atoms with Gasteiger partial charge in [-0.3, -0.25) is 24.0 Å². The number of unbranched alkanes of at least 4 members (excludes halogenated alkanes) is 40. The molecule has 3 N–H and O–H groups in total. The predicted molar refractivity (Wildman–Crippen MR) is 325 cm³/mol. The predicted octanol–water partition coefficient (Wildman–Crippen LogP) is 20.4. The van der Waals surface area contributed by atoms with Gasteiger partial charge in [-0.05, 0) is 57.8 Å². The molecular weight excluding hydrogens is 977 g/mol. The summed E-state index contributed by atoms with van der Waals surface area (Å²) in [5.74, 6) is -4.61. The van der Waals surface area contributed by atoms with Gasteiger partial charge in [0, 0.05) is 0 Å². The number of carboxylic acids is 3. The number of aliphatic carboxylic acids is 3. The molecule has 0 aromatic carbocycles. The molecule has 0 saturated heterocycles. The van der Waals surface area contributed by atoms with E-state index in [-0.39, 0.29) is 23.7 Å². The van der Waals surface area contributed by atoms with E-state index in [4.69, 9.17) is 14.6 Å². The van der Waals surface area contributed by atoms with Crippen LogP contribution < -0.4 is 0 Å². The molecule has 2 rings (SSSR count). The Morgan fingerprint density at radius 2 is 0.667 bits per heavy atom. The summed E-state index contributed by atoms with van der Waals surface area (Å²) in [5.41, 5.74) is -1.45. The second-order valence-corrected chi connectivity index (χ2v) is 24.3. The van der Waals surface area contributed by atoms with Crippen LogP contribution in [0.25, 0.3) is 0 Å². The highest BCUT2D eigenvalue weighted by Crippen LogP contribution is 2.48. The Kier molecular flexibility index (Phi) is 51.4. The van der Waals surface area contributed by atoms with Crippen molar-refractivity contribution in [2.45, 2.75) is 343 Å². The van der Waals surface area contributed by atoms with Crippen LogP contribution in [0.1, 0.15) is 343 Å². The molecule has 0 amide bonds. The Morgan fingerprint density at radius 3 is 0.949 bits per heavy atom. The zero-order valence-corrected chi connectivity index (χ0v) is 51.9. The average molecular weight is 1100 g/mol. The highest BCUT2D eigenvalue weighted by atomic mass is 16.5. The molecule has 0 aliphatic heterocycles. The Hall–Kier alpha value is -2.91. The first-order chi connectivity index (χ1) is 37.8. The molecule has 78 heavy (non-hydrogen) atoms. The summed E-state index contributed by atoms with van der Waals surface area (Å²) in [7, 11) is 0. The van der Waals surface area contributed by atoms with Crippen LogP contribution in [0.3, 0.4) is 0 Å². The number of carboxylic acid groups (broad SMARTS) is 3. The van der Waals surface area contributed by atoms with E-state index < -0.39 is 41.1 Å². The van der Waals surface area contributed by atoms with Gasteiger partial charge in [0.2, 0.25) is 0 Å². The summed E-state index contributed by atoms with van der Waals surface area (Å²) in [4.78, 5) is 57.8. The van der Waals surface area contributed by atoms with Crippen molar-refractivity contribution in [2.24, 2.45) is 35.0 Å². The Bertz CT molecular complexity index is 1460. The maximum absolute atomic E-state index is 12.4. The molecule has 0 aromatic heterocycles. The number of hydrogen-bond acceptors (Lipinski definition) is 7. The third-order valence-electron chi connectivity index (χ3n) is 16.7. The van der Waals surface area contributed by atoms with E-state index in [9.17, 15) is 34.2 Å². The van der Waals surface area contributed by atoms with Crippen molar-refractivity contribution in [1.29, 1.82) is 0 Å². The quantitative estimate of drug-likeness (QED) is 0.0231. The highest BCUT2D eigenvalue weighted by molar-refractivity contribution is 5.98. The number of hydrogen-bond donors (Lipinski definition) is 3. The highest BCUT2D eigenvalue weighted by Gasteiger charge is 2.52. The fourth-order valence-electron chi connectivity index (χ4n) is 11.2. The first kappa shape index (κ1) is 75.1. The van der Waals surface area contributed by atoms with Crippen LogP contribution in [0.15, 0.2) is 12.2 Å². The van der Waals surface area contributed by atoms with Gasteiger partial charge in [-0.25, -0.2) is 0 Å². The Morgan fingerprint density at radius 1 is 0.397 bits per heavy atom. The van der Waals surface area contributed by atoms with E-state index >= 15 is 0 Å². The molecule has 0 spiro atoms. The van der Waals surface area contributed by atoms with Crippen molar-refractivity contribution in [1.82, 2.24) is 0 Å². The molecule has 2 aliphatic carbocycles.